The number of anilines is 1. The van der Waals surface area contributed by atoms with E-state index in [4.69, 9.17) is 5.73 Å². The van der Waals surface area contributed by atoms with Crippen molar-refractivity contribution in [3.8, 4) is 0 Å². The number of fused-ring (bicyclic) bond motifs is 1. The number of rotatable bonds is 3. The zero-order valence-electron chi connectivity index (χ0n) is 15.2. The van der Waals surface area contributed by atoms with Crippen LogP contribution in [-0.2, 0) is 27.8 Å². The number of carbonyl (C=O) groups excluding carboxylic acids is 2. The third kappa shape index (κ3) is 3.24. The van der Waals surface area contributed by atoms with Crippen molar-refractivity contribution in [1.82, 2.24) is 4.90 Å². The number of primary amides is 1. The zero-order valence-corrected chi connectivity index (χ0v) is 16.1. The third-order valence-corrected chi connectivity index (χ3v) is 7.19. The number of benzene rings is 2. The summed E-state index contributed by atoms with van der Waals surface area (Å²) in [5.41, 5.74) is 8.37. The van der Waals surface area contributed by atoms with Gasteiger partial charge >= 0.3 is 0 Å². The van der Waals surface area contributed by atoms with Gasteiger partial charge in [-0.05, 0) is 35.7 Å². The summed E-state index contributed by atoms with van der Waals surface area (Å²) in [7, 11) is -3.34. The maximum Gasteiger partial charge on any atom is 0.254 e. The molecule has 8 heteroatoms. The van der Waals surface area contributed by atoms with Crippen LogP contribution in [0.25, 0.3) is 0 Å². The first-order valence-corrected chi connectivity index (χ1v) is 10.8. The van der Waals surface area contributed by atoms with Gasteiger partial charge in [-0.25, -0.2) is 8.42 Å². The second-order valence-electron chi connectivity index (χ2n) is 7.12. The molecule has 146 valence electrons. The normalized spacial score (nSPS) is 20.6. The number of amides is 2. The molecular formula is C20H21N3O4S. The molecule has 0 spiro atoms. The van der Waals surface area contributed by atoms with Crippen molar-refractivity contribution in [2.45, 2.75) is 25.4 Å². The van der Waals surface area contributed by atoms with E-state index < -0.39 is 22.0 Å². The Balaban J connectivity index is 1.67. The summed E-state index contributed by atoms with van der Waals surface area (Å²) in [4.78, 5) is 26.7. The predicted octanol–water partition coefficient (Wildman–Crippen LogP) is 1.28. The Kier molecular flexibility index (Phi) is 4.58. The van der Waals surface area contributed by atoms with E-state index in [0.717, 1.165) is 11.1 Å². The highest BCUT2D eigenvalue weighted by Gasteiger charge is 2.34. The molecular weight excluding hydrogens is 378 g/mol. The predicted molar refractivity (Wildman–Crippen MR) is 105 cm³/mol. The molecule has 2 aromatic rings. The summed E-state index contributed by atoms with van der Waals surface area (Å²) >= 11 is 0. The molecule has 1 atom stereocenters. The fourth-order valence-electron chi connectivity index (χ4n) is 3.88. The lowest BCUT2D eigenvalue weighted by Gasteiger charge is -2.35. The second kappa shape index (κ2) is 6.94. The van der Waals surface area contributed by atoms with E-state index in [1.807, 2.05) is 24.3 Å². The van der Waals surface area contributed by atoms with Gasteiger partial charge in [0.25, 0.3) is 5.91 Å². The summed E-state index contributed by atoms with van der Waals surface area (Å²) in [6.07, 6.45) is 0.935. The lowest BCUT2D eigenvalue weighted by atomic mass is 9.93. The van der Waals surface area contributed by atoms with Crippen LogP contribution >= 0.6 is 0 Å². The minimum atomic E-state index is -3.34. The molecule has 0 bridgehead atoms. The lowest BCUT2D eigenvalue weighted by Crippen LogP contribution is -2.51. The number of sulfonamides is 1. The number of hydrogen-bond acceptors (Lipinski definition) is 4. The summed E-state index contributed by atoms with van der Waals surface area (Å²) in [6.45, 7) is 0.690. The van der Waals surface area contributed by atoms with Crippen molar-refractivity contribution < 1.29 is 18.0 Å². The van der Waals surface area contributed by atoms with Crippen LogP contribution in [-0.4, -0.2) is 43.5 Å². The lowest BCUT2D eigenvalue weighted by molar-refractivity contribution is -0.122. The highest BCUT2D eigenvalue weighted by atomic mass is 32.2. The van der Waals surface area contributed by atoms with Gasteiger partial charge in [-0.1, -0.05) is 30.3 Å². The molecule has 0 unspecified atom stereocenters. The second-order valence-corrected chi connectivity index (χ2v) is 9.13. The van der Waals surface area contributed by atoms with Crippen molar-refractivity contribution in [1.29, 1.82) is 0 Å². The molecule has 2 aliphatic rings. The topological polar surface area (TPSA) is 101 Å². The van der Waals surface area contributed by atoms with E-state index in [0.29, 0.717) is 30.6 Å². The van der Waals surface area contributed by atoms with Crippen LogP contribution in [0.5, 0.6) is 0 Å². The molecule has 1 fully saturated rings. The first kappa shape index (κ1) is 18.5. The van der Waals surface area contributed by atoms with Gasteiger partial charge in [-0.15, -0.1) is 0 Å². The quantitative estimate of drug-likeness (QED) is 0.840. The van der Waals surface area contributed by atoms with Gasteiger partial charge in [0, 0.05) is 25.1 Å². The Morgan fingerprint density at radius 2 is 1.79 bits per heavy atom. The zero-order chi connectivity index (χ0) is 19.9. The number of nitrogens with two attached hydrogens (primary N) is 1. The molecule has 7 nitrogen and oxygen atoms in total. The number of carbonyl (C=O) groups is 2. The first-order chi connectivity index (χ1) is 13.4. The van der Waals surface area contributed by atoms with Crippen LogP contribution in [0, 0.1) is 0 Å². The van der Waals surface area contributed by atoms with Gasteiger partial charge in [-0.2, -0.15) is 0 Å². The van der Waals surface area contributed by atoms with Crippen molar-refractivity contribution in [3.05, 3.63) is 65.2 Å². The van der Waals surface area contributed by atoms with E-state index in [-0.39, 0.29) is 18.2 Å². The monoisotopic (exact) mass is 399 g/mol. The van der Waals surface area contributed by atoms with Crippen LogP contribution in [0.1, 0.15) is 27.9 Å². The first-order valence-electron chi connectivity index (χ1n) is 9.14. The molecule has 28 heavy (non-hydrogen) atoms. The van der Waals surface area contributed by atoms with E-state index in [1.54, 1.807) is 24.3 Å². The molecule has 2 heterocycles. The molecule has 2 aliphatic heterocycles. The Morgan fingerprint density at radius 1 is 1.04 bits per heavy atom. The van der Waals surface area contributed by atoms with Gasteiger partial charge in [0.2, 0.25) is 15.9 Å². The Bertz CT molecular complexity index is 1050. The van der Waals surface area contributed by atoms with Crippen molar-refractivity contribution in [3.63, 3.8) is 0 Å². The maximum absolute atomic E-state index is 13.2. The molecule has 1 saturated heterocycles. The molecule has 2 N–H and O–H groups in total. The molecule has 0 saturated carbocycles. The Morgan fingerprint density at radius 3 is 2.46 bits per heavy atom. The standard InChI is InChI=1S/C20H21N3O4S/c21-19(24)18-12-14-5-1-2-6-16(14)13-22(18)20(25)15-7-3-8-17(11-15)23-9-4-10-28(23,26)27/h1-3,5-8,11,18H,4,9-10,12-13H2,(H2,21,24)/t18-/m1/s1. The minimum absolute atomic E-state index is 0.109. The fourth-order valence-corrected chi connectivity index (χ4v) is 5.44. The molecule has 4 rings (SSSR count). The number of hydrogen-bond donors (Lipinski definition) is 1. The maximum atomic E-state index is 13.2. The van der Waals surface area contributed by atoms with Gasteiger partial charge in [-0.3, -0.25) is 13.9 Å². The van der Waals surface area contributed by atoms with E-state index in [2.05, 4.69) is 0 Å². The van der Waals surface area contributed by atoms with Crippen LogP contribution in [0.4, 0.5) is 5.69 Å². The van der Waals surface area contributed by atoms with Crippen LogP contribution < -0.4 is 10.0 Å². The summed E-state index contributed by atoms with van der Waals surface area (Å²) in [5.74, 6) is -0.782. The fraction of sp³-hybridized carbons (Fsp3) is 0.300. The van der Waals surface area contributed by atoms with E-state index in [9.17, 15) is 18.0 Å². The summed E-state index contributed by atoms with van der Waals surface area (Å²) in [5, 5.41) is 0. The molecule has 2 aromatic carbocycles. The summed E-state index contributed by atoms with van der Waals surface area (Å²) in [6, 6.07) is 13.5. The van der Waals surface area contributed by atoms with Gasteiger partial charge < -0.3 is 10.6 Å². The van der Waals surface area contributed by atoms with Gasteiger partial charge in [0.15, 0.2) is 0 Å². The van der Waals surface area contributed by atoms with Crippen LogP contribution in [0.2, 0.25) is 0 Å². The smallest absolute Gasteiger partial charge is 0.254 e. The van der Waals surface area contributed by atoms with Crippen molar-refractivity contribution in [2.75, 3.05) is 16.6 Å². The molecule has 0 radical (unpaired) electrons. The average molecular weight is 399 g/mol. The SMILES string of the molecule is NC(=O)[C@H]1Cc2ccccc2CN1C(=O)c1cccc(N2CCCS2(=O)=O)c1. The molecule has 0 aliphatic carbocycles. The highest BCUT2D eigenvalue weighted by Crippen LogP contribution is 2.28. The van der Waals surface area contributed by atoms with E-state index in [1.165, 1.54) is 9.21 Å². The highest BCUT2D eigenvalue weighted by molar-refractivity contribution is 7.93. The average Bonchev–Trinajstić information content (AvgIpc) is 3.05. The van der Waals surface area contributed by atoms with Crippen LogP contribution in [0.15, 0.2) is 48.5 Å². The molecule has 0 aromatic heterocycles. The third-order valence-electron chi connectivity index (χ3n) is 5.32. The largest absolute Gasteiger partial charge is 0.368 e. The van der Waals surface area contributed by atoms with Gasteiger partial charge in [0.05, 0.1) is 11.4 Å². The Hall–Kier alpha value is -2.87. The van der Waals surface area contributed by atoms with Crippen LogP contribution in [0.3, 0.4) is 0 Å². The Labute approximate surface area is 163 Å². The van der Waals surface area contributed by atoms with Crippen molar-refractivity contribution >= 4 is 27.5 Å². The molecule has 2 amide bonds. The van der Waals surface area contributed by atoms with Gasteiger partial charge in [0.1, 0.15) is 6.04 Å². The minimum Gasteiger partial charge on any atom is -0.368 e. The van der Waals surface area contributed by atoms with Crippen molar-refractivity contribution in [2.24, 2.45) is 5.73 Å². The van der Waals surface area contributed by atoms with E-state index >= 15 is 0 Å². The number of nitrogens with zero attached hydrogens (tertiary/aromatic N) is 2. The summed E-state index contributed by atoms with van der Waals surface area (Å²) < 4.78 is 25.7.